The maximum atomic E-state index is 13.9. The number of nitrogens with zero attached hydrogens (tertiary/aromatic N) is 3. The van der Waals surface area contributed by atoms with E-state index in [2.05, 4.69) is 20.6 Å². The lowest BCUT2D eigenvalue weighted by molar-refractivity contribution is -0.141. The SMILES string of the molecule is O=C(NC1=NC=CCCc2c1ncn2CCCCC1(C(=O)NCC(F)(F)F)c2ccccc2-c2ccccc21)c1ccccc1-c1ccc(C(F)(F)F)cc1. The zero-order chi connectivity index (χ0) is 38.8. The zero-order valence-electron chi connectivity index (χ0n) is 29.3. The van der Waals surface area contributed by atoms with E-state index in [1.165, 1.54) is 12.1 Å². The Morgan fingerprint density at radius 1 is 0.782 bits per heavy atom. The first-order chi connectivity index (χ1) is 26.4. The fraction of sp³-hybridized carbons (Fsp3) is 0.238. The van der Waals surface area contributed by atoms with E-state index in [0.29, 0.717) is 60.2 Å². The van der Waals surface area contributed by atoms with Gasteiger partial charge >= 0.3 is 12.4 Å². The number of rotatable bonds is 9. The Labute approximate surface area is 312 Å². The molecule has 5 aromatic rings. The zero-order valence-corrected chi connectivity index (χ0v) is 29.3. The van der Waals surface area contributed by atoms with Gasteiger partial charge in [0.25, 0.3) is 5.91 Å². The van der Waals surface area contributed by atoms with Crippen molar-refractivity contribution in [3.63, 3.8) is 0 Å². The van der Waals surface area contributed by atoms with Gasteiger partial charge in [0.2, 0.25) is 5.91 Å². The molecule has 282 valence electrons. The van der Waals surface area contributed by atoms with Crippen molar-refractivity contribution in [2.75, 3.05) is 6.54 Å². The van der Waals surface area contributed by atoms with E-state index >= 15 is 0 Å². The summed E-state index contributed by atoms with van der Waals surface area (Å²) >= 11 is 0. The van der Waals surface area contributed by atoms with Crippen molar-refractivity contribution >= 4 is 17.6 Å². The van der Waals surface area contributed by atoms with Crippen LogP contribution >= 0.6 is 0 Å². The highest BCUT2D eigenvalue weighted by atomic mass is 19.4. The number of carbonyl (C=O) groups excluding carboxylic acids is 2. The molecule has 2 N–H and O–H groups in total. The maximum absolute atomic E-state index is 13.9. The highest BCUT2D eigenvalue weighted by Crippen LogP contribution is 2.51. The van der Waals surface area contributed by atoms with Gasteiger partial charge in [-0.1, -0.05) is 84.9 Å². The van der Waals surface area contributed by atoms with E-state index < -0.39 is 41.7 Å². The van der Waals surface area contributed by atoms with E-state index in [-0.39, 0.29) is 17.8 Å². The number of fused-ring (bicyclic) bond motifs is 4. The molecule has 2 heterocycles. The Hall–Kier alpha value is -5.98. The Bertz CT molecular complexity index is 2240. The first kappa shape index (κ1) is 37.3. The summed E-state index contributed by atoms with van der Waals surface area (Å²) in [6, 6.07) is 25.9. The second-order valence-electron chi connectivity index (χ2n) is 13.5. The van der Waals surface area contributed by atoms with Crippen LogP contribution in [0.4, 0.5) is 26.3 Å². The Kier molecular flexibility index (Phi) is 10.2. The monoisotopic (exact) mass is 755 g/mol. The number of halogens is 6. The summed E-state index contributed by atoms with van der Waals surface area (Å²) in [5, 5.41) is 5.03. The van der Waals surface area contributed by atoms with Crippen LogP contribution in [-0.2, 0) is 29.4 Å². The van der Waals surface area contributed by atoms with Crippen molar-refractivity contribution in [2.45, 2.75) is 56.4 Å². The molecule has 0 spiro atoms. The number of hydrogen-bond acceptors (Lipinski definition) is 4. The molecule has 1 aliphatic carbocycles. The number of hydrogen-bond donors (Lipinski definition) is 2. The van der Waals surface area contributed by atoms with Crippen molar-refractivity contribution in [1.82, 2.24) is 20.2 Å². The molecule has 13 heteroatoms. The average molecular weight is 756 g/mol. The smallest absolute Gasteiger partial charge is 0.346 e. The van der Waals surface area contributed by atoms with E-state index in [1.54, 1.807) is 48.9 Å². The lowest BCUT2D eigenvalue weighted by atomic mass is 9.73. The molecule has 0 bridgehead atoms. The van der Waals surface area contributed by atoms with Crippen molar-refractivity contribution in [2.24, 2.45) is 4.99 Å². The quantitative estimate of drug-likeness (QED) is 0.116. The van der Waals surface area contributed by atoms with Crippen LogP contribution in [0.3, 0.4) is 0 Å². The van der Waals surface area contributed by atoms with Gasteiger partial charge in [-0.25, -0.2) is 9.98 Å². The number of alkyl halides is 6. The summed E-state index contributed by atoms with van der Waals surface area (Å²) in [6.07, 6.45) is -1.41. The fourth-order valence-corrected chi connectivity index (χ4v) is 7.54. The van der Waals surface area contributed by atoms with Gasteiger partial charge in [-0.05, 0) is 83.7 Å². The number of unbranched alkanes of at least 4 members (excludes halogenated alkanes) is 1. The molecule has 0 unspecified atom stereocenters. The minimum absolute atomic E-state index is 0.205. The normalized spacial score (nSPS) is 14.5. The first-order valence-corrected chi connectivity index (χ1v) is 17.8. The molecular formula is C42H35F6N5O2. The van der Waals surface area contributed by atoms with Crippen molar-refractivity contribution in [3.8, 4) is 22.3 Å². The number of nitrogens with one attached hydrogen (secondary N) is 2. The Balaban J connectivity index is 1.10. The first-order valence-electron chi connectivity index (χ1n) is 17.8. The third-order valence-corrected chi connectivity index (χ3v) is 10.1. The van der Waals surface area contributed by atoms with Crippen LogP contribution in [0.1, 0.15) is 64.1 Å². The molecule has 0 radical (unpaired) electrons. The minimum Gasteiger partial charge on any atom is -0.346 e. The maximum Gasteiger partial charge on any atom is 0.416 e. The van der Waals surface area contributed by atoms with Crippen LogP contribution in [0.2, 0.25) is 0 Å². The van der Waals surface area contributed by atoms with Crippen molar-refractivity contribution in [1.29, 1.82) is 0 Å². The number of amides is 2. The van der Waals surface area contributed by atoms with Crippen LogP contribution in [0.5, 0.6) is 0 Å². The molecule has 0 saturated carbocycles. The van der Waals surface area contributed by atoms with Crippen LogP contribution in [0.15, 0.2) is 121 Å². The molecule has 2 amide bonds. The fourth-order valence-electron chi connectivity index (χ4n) is 7.54. The number of carbonyl (C=O) groups is 2. The predicted octanol–water partition coefficient (Wildman–Crippen LogP) is 9.02. The largest absolute Gasteiger partial charge is 0.416 e. The third-order valence-electron chi connectivity index (χ3n) is 10.1. The van der Waals surface area contributed by atoms with Crippen LogP contribution in [-0.4, -0.2) is 39.9 Å². The molecular weight excluding hydrogens is 720 g/mol. The highest BCUT2D eigenvalue weighted by Gasteiger charge is 2.49. The molecule has 7 nitrogen and oxygen atoms in total. The van der Waals surface area contributed by atoms with Crippen molar-refractivity contribution < 1.29 is 35.9 Å². The van der Waals surface area contributed by atoms with E-state index in [0.717, 1.165) is 29.0 Å². The van der Waals surface area contributed by atoms with Gasteiger partial charge in [-0.15, -0.1) is 0 Å². The molecule has 0 fully saturated rings. The molecule has 1 aromatic heterocycles. The second-order valence-corrected chi connectivity index (χ2v) is 13.5. The predicted molar refractivity (Wildman–Crippen MR) is 196 cm³/mol. The lowest BCUT2D eigenvalue weighted by Crippen LogP contribution is -2.47. The third kappa shape index (κ3) is 7.56. The number of benzene rings is 4. The summed E-state index contributed by atoms with van der Waals surface area (Å²) in [5.41, 5.74) is 3.27. The number of aliphatic imine (C=N–C) groups is 1. The van der Waals surface area contributed by atoms with E-state index in [1.807, 2.05) is 47.0 Å². The highest BCUT2D eigenvalue weighted by molar-refractivity contribution is 6.14. The molecule has 7 rings (SSSR count). The number of imidazole rings is 1. The molecule has 4 aromatic carbocycles. The van der Waals surface area contributed by atoms with Gasteiger partial charge in [-0.3, -0.25) is 9.59 Å². The molecule has 2 aliphatic rings. The minimum atomic E-state index is -4.57. The standard InChI is InChI=1S/C42H35F6N5O2/c43-41(44,45)25-50-39(55)40(33-15-5-3-12-30(33)31-13-4-6-16-34(31)40)22-8-10-24-53-26-51-36-35(53)17-7-9-23-49-37(36)52-38(54)32-14-2-1-11-29(32)27-18-20-28(21-19-27)42(46,47)48/h1-6,9,11-16,18-21,23,26H,7-8,10,17,22,24-25H2,(H,50,55)(H,49,52,54). The molecule has 0 atom stereocenters. The molecule has 55 heavy (non-hydrogen) atoms. The van der Waals surface area contributed by atoms with Crippen molar-refractivity contribution in [3.05, 3.63) is 149 Å². The summed E-state index contributed by atoms with van der Waals surface area (Å²) in [7, 11) is 0. The molecule has 1 aliphatic heterocycles. The van der Waals surface area contributed by atoms with E-state index in [4.69, 9.17) is 0 Å². The van der Waals surface area contributed by atoms with Gasteiger partial charge in [0, 0.05) is 24.0 Å². The number of allylic oxidation sites excluding steroid dienone is 1. The average Bonchev–Trinajstić information content (AvgIpc) is 3.69. The van der Waals surface area contributed by atoms with Crippen LogP contribution < -0.4 is 10.6 Å². The Morgan fingerprint density at radius 2 is 1.42 bits per heavy atom. The summed E-state index contributed by atoms with van der Waals surface area (Å²) in [4.78, 5) is 36.7. The van der Waals surface area contributed by atoms with Gasteiger partial charge < -0.3 is 15.2 Å². The second kappa shape index (κ2) is 15.0. The Morgan fingerprint density at radius 3 is 2.07 bits per heavy atom. The van der Waals surface area contributed by atoms with Gasteiger partial charge in [-0.2, -0.15) is 26.3 Å². The summed E-state index contributed by atoms with van der Waals surface area (Å²) in [6.45, 7) is -0.956. The topological polar surface area (TPSA) is 88.4 Å². The summed E-state index contributed by atoms with van der Waals surface area (Å²) in [5.74, 6) is -1.01. The van der Waals surface area contributed by atoms with E-state index in [9.17, 15) is 35.9 Å². The van der Waals surface area contributed by atoms with Gasteiger partial charge in [0.1, 0.15) is 17.7 Å². The molecule has 0 saturated heterocycles. The number of amidine groups is 1. The summed E-state index contributed by atoms with van der Waals surface area (Å²) < 4.78 is 81.4. The van der Waals surface area contributed by atoms with Gasteiger partial charge in [0.15, 0.2) is 5.84 Å². The number of aromatic nitrogens is 2. The van der Waals surface area contributed by atoms with Crippen LogP contribution in [0, 0.1) is 0 Å². The van der Waals surface area contributed by atoms with Crippen LogP contribution in [0.25, 0.3) is 22.3 Å². The number of aryl methyl sites for hydroxylation is 1. The lowest BCUT2D eigenvalue weighted by Gasteiger charge is -2.31. The van der Waals surface area contributed by atoms with Gasteiger partial charge in [0.05, 0.1) is 11.9 Å².